The highest BCUT2D eigenvalue weighted by atomic mass is 16.2. The molecule has 0 unspecified atom stereocenters. The van der Waals surface area contributed by atoms with Crippen LogP contribution >= 0.6 is 0 Å². The Bertz CT molecular complexity index is 558. The van der Waals surface area contributed by atoms with Crippen LogP contribution in [0.2, 0.25) is 0 Å². The van der Waals surface area contributed by atoms with Crippen molar-refractivity contribution in [2.24, 2.45) is 0 Å². The Morgan fingerprint density at radius 1 is 1.32 bits per heavy atom. The van der Waals surface area contributed by atoms with Crippen LogP contribution in [-0.2, 0) is 16.8 Å². The number of nitrogens with zero attached hydrogens (tertiary/aromatic N) is 1. The third kappa shape index (κ3) is 2.84. The molecule has 2 rings (SSSR count). The van der Waals surface area contributed by atoms with Gasteiger partial charge < -0.3 is 5.32 Å². The van der Waals surface area contributed by atoms with E-state index in [-0.39, 0.29) is 5.91 Å². The second kappa shape index (κ2) is 5.26. The summed E-state index contributed by atoms with van der Waals surface area (Å²) in [6, 6.07) is 9.80. The molecule has 2 N–H and O–H groups in total. The van der Waals surface area contributed by atoms with Crippen LogP contribution < -0.4 is 5.32 Å². The van der Waals surface area contributed by atoms with Crippen LogP contribution in [0.15, 0.2) is 36.5 Å². The fourth-order valence-electron chi connectivity index (χ4n) is 1.94. The molecule has 0 fully saturated rings. The lowest BCUT2D eigenvalue weighted by Gasteiger charge is -2.24. The molecule has 0 radical (unpaired) electrons. The van der Waals surface area contributed by atoms with E-state index >= 15 is 0 Å². The second-order valence-electron chi connectivity index (χ2n) is 5.19. The monoisotopic (exact) mass is 257 g/mol. The highest BCUT2D eigenvalue weighted by Gasteiger charge is 2.29. The lowest BCUT2D eigenvalue weighted by Crippen LogP contribution is -2.39. The van der Waals surface area contributed by atoms with Crippen molar-refractivity contribution in [1.82, 2.24) is 15.5 Å². The summed E-state index contributed by atoms with van der Waals surface area (Å²) < 4.78 is 0. The molecular formula is C15H19N3O. The Labute approximate surface area is 113 Å². The summed E-state index contributed by atoms with van der Waals surface area (Å²) in [6.45, 7) is 6.30. The maximum absolute atomic E-state index is 12.3. The summed E-state index contributed by atoms with van der Waals surface area (Å²) in [5.74, 6) is 0.0132. The van der Waals surface area contributed by atoms with Crippen molar-refractivity contribution in [3.63, 3.8) is 0 Å². The summed E-state index contributed by atoms with van der Waals surface area (Å²) in [7, 11) is 0. The standard InChI is InChI=1S/C15H19N3O/c1-11-12(10-17-18-11)9-16-14(19)15(2,3)13-7-5-4-6-8-13/h4-8,10H,9H2,1-3H3,(H,16,19)(H,17,18). The number of hydrogen-bond donors (Lipinski definition) is 2. The molecule has 0 aliphatic heterocycles. The minimum Gasteiger partial charge on any atom is -0.351 e. The minimum atomic E-state index is -0.543. The molecule has 4 heteroatoms. The Morgan fingerprint density at radius 2 is 2.00 bits per heavy atom. The molecule has 1 aromatic heterocycles. The summed E-state index contributed by atoms with van der Waals surface area (Å²) in [4.78, 5) is 12.3. The van der Waals surface area contributed by atoms with Crippen molar-refractivity contribution < 1.29 is 4.79 Å². The van der Waals surface area contributed by atoms with Gasteiger partial charge in [-0.25, -0.2) is 0 Å². The van der Waals surface area contributed by atoms with Gasteiger partial charge >= 0.3 is 0 Å². The summed E-state index contributed by atoms with van der Waals surface area (Å²) in [5, 5.41) is 9.77. The van der Waals surface area contributed by atoms with E-state index in [1.165, 1.54) is 0 Å². The third-order valence-corrected chi connectivity index (χ3v) is 3.44. The second-order valence-corrected chi connectivity index (χ2v) is 5.19. The number of hydrogen-bond acceptors (Lipinski definition) is 2. The van der Waals surface area contributed by atoms with E-state index in [1.807, 2.05) is 51.1 Å². The Hall–Kier alpha value is -2.10. The first kappa shape index (κ1) is 13.3. The molecule has 4 nitrogen and oxygen atoms in total. The number of benzene rings is 1. The van der Waals surface area contributed by atoms with Gasteiger partial charge in [0.05, 0.1) is 11.6 Å². The molecule has 2 aromatic rings. The average molecular weight is 257 g/mol. The van der Waals surface area contributed by atoms with Gasteiger partial charge in [0, 0.05) is 17.8 Å². The van der Waals surface area contributed by atoms with E-state index in [0.717, 1.165) is 16.8 Å². The van der Waals surface area contributed by atoms with Gasteiger partial charge in [-0.2, -0.15) is 5.10 Å². The van der Waals surface area contributed by atoms with Crippen molar-refractivity contribution in [3.05, 3.63) is 53.3 Å². The SMILES string of the molecule is Cc1[nH]ncc1CNC(=O)C(C)(C)c1ccccc1. The van der Waals surface area contributed by atoms with Crippen molar-refractivity contribution in [2.75, 3.05) is 0 Å². The number of amides is 1. The zero-order valence-electron chi connectivity index (χ0n) is 11.5. The normalized spacial score (nSPS) is 11.3. The van der Waals surface area contributed by atoms with Crippen LogP contribution in [-0.4, -0.2) is 16.1 Å². The fourth-order valence-corrected chi connectivity index (χ4v) is 1.94. The quantitative estimate of drug-likeness (QED) is 0.883. The van der Waals surface area contributed by atoms with Crippen LogP contribution in [0.3, 0.4) is 0 Å². The summed E-state index contributed by atoms with van der Waals surface area (Å²) in [6.07, 6.45) is 1.74. The molecule has 19 heavy (non-hydrogen) atoms. The molecule has 100 valence electrons. The zero-order chi connectivity index (χ0) is 13.9. The molecule has 1 aromatic carbocycles. The van der Waals surface area contributed by atoms with Crippen molar-refractivity contribution in [1.29, 1.82) is 0 Å². The largest absolute Gasteiger partial charge is 0.351 e. The smallest absolute Gasteiger partial charge is 0.230 e. The summed E-state index contributed by atoms with van der Waals surface area (Å²) >= 11 is 0. The number of H-pyrrole nitrogens is 1. The number of aromatic amines is 1. The number of aromatic nitrogens is 2. The van der Waals surface area contributed by atoms with Gasteiger partial charge in [-0.15, -0.1) is 0 Å². The molecular weight excluding hydrogens is 238 g/mol. The van der Waals surface area contributed by atoms with Crippen molar-refractivity contribution in [3.8, 4) is 0 Å². The molecule has 0 aliphatic carbocycles. The van der Waals surface area contributed by atoms with Gasteiger partial charge in [-0.3, -0.25) is 9.89 Å². The van der Waals surface area contributed by atoms with Gasteiger partial charge in [0.15, 0.2) is 0 Å². The highest BCUT2D eigenvalue weighted by Crippen LogP contribution is 2.23. The molecule has 0 aliphatic rings. The Kier molecular flexibility index (Phi) is 3.69. The van der Waals surface area contributed by atoms with Crippen LogP contribution in [0.25, 0.3) is 0 Å². The van der Waals surface area contributed by atoms with Crippen LogP contribution in [0.4, 0.5) is 0 Å². The van der Waals surface area contributed by atoms with E-state index in [9.17, 15) is 4.79 Å². The number of carbonyl (C=O) groups excluding carboxylic acids is 1. The van der Waals surface area contributed by atoms with Crippen molar-refractivity contribution in [2.45, 2.75) is 32.7 Å². The molecule has 0 saturated carbocycles. The molecule has 1 amide bonds. The number of carbonyl (C=O) groups is 1. The third-order valence-electron chi connectivity index (χ3n) is 3.44. The minimum absolute atomic E-state index is 0.0132. The maximum atomic E-state index is 12.3. The van der Waals surface area contributed by atoms with E-state index in [2.05, 4.69) is 15.5 Å². The average Bonchev–Trinajstić information content (AvgIpc) is 2.82. The van der Waals surface area contributed by atoms with Crippen LogP contribution in [0, 0.1) is 6.92 Å². The lowest BCUT2D eigenvalue weighted by atomic mass is 9.84. The molecule has 0 bridgehead atoms. The fraction of sp³-hybridized carbons (Fsp3) is 0.333. The molecule has 0 atom stereocenters. The first-order chi connectivity index (χ1) is 9.01. The van der Waals surface area contributed by atoms with Gasteiger partial charge in [-0.05, 0) is 26.3 Å². The van der Waals surface area contributed by atoms with Crippen LogP contribution in [0.1, 0.15) is 30.7 Å². The first-order valence-electron chi connectivity index (χ1n) is 6.34. The number of rotatable bonds is 4. The predicted octanol–water partition coefficient (Wildman–Crippen LogP) is 2.31. The van der Waals surface area contributed by atoms with Gasteiger partial charge in [-0.1, -0.05) is 30.3 Å². The lowest BCUT2D eigenvalue weighted by molar-refractivity contribution is -0.125. The van der Waals surface area contributed by atoms with Gasteiger partial charge in [0.2, 0.25) is 5.91 Å². The molecule has 0 saturated heterocycles. The van der Waals surface area contributed by atoms with E-state index in [4.69, 9.17) is 0 Å². The predicted molar refractivity (Wildman–Crippen MR) is 74.6 cm³/mol. The zero-order valence-corrected chi connectivity index (χ0v) is 11.5. The first-order valence-corrected chi connectivity index (χ1v) is 6.34. The van der Waals surface area contributed by atoms with E-state index in [1.54, 1.807) is 6.20 Å². The Morgan fingerprint density at radius 3 is 2.58 bits per heavy atom. The topological polar surface area (TPSA) is 57.8 Å². The molecule has 0 spiro atoms. The van der Waals surface area contributed by atoms with Gasteiger partial charge in [0.1, 0.15) is 0 Å². The number of aryl methyl sites for hydroxylation is 1. The van der Waals surface area contributed by atoms with Gasteiger partial charge in [0.25, 0.3) is 0 Å². The van der Waals surface area contributed by atoms with Crippen molar-refractivity contribution >= 4 is 5.91 Å². The summed E-state index contributed by atoms with van der Waals surface area (Å²) in [5.41, 5.74) is 2.46. The number of nitrogens with one attached hydrogen (secondary N) is 2. The van der Waals surface area contributed by atoms with Crippen LogP contribution in [0.5, 0.6) is 0 Å². The van der Waals surface area contributed by atoms with E-state index in [0.29, 0.717) is 6.54 Å². The maximum Gasteiger partial charge on any atom is 0.230 e. The Balaban J connectivity index is 2.05. The van der Waals surface area contributed by atoms with E-state index < -0.39 is 5.41 Å². The molecule has 1 heterocycles. The highest BCUT2D eigenvalue weighted by molar-refractivity contribution is 5.87.